The number of nitrogens with zero attached hydrogens (tertiary/aromatic N) is 2. The third-order valence-electron chi connectivity index (χ3n) is 6.05. The van der Waals surface area contributed by atoms with E-state index in [2.05, 4.69) is 21.2 Å². The highest BCUT2D eigenvalue weighted by Gasteiger charge is 2.33. The standard InChI is InChI=1S/C28H31BrClN3O5S/c1-4-26(28(35)31-3)32(18-20-8-6-7-9-25(20)30)27(34)19-33(22-12-14-23(15-13-22)38-5-2)39(36,37)24-16-10-21(29)11-17-24/h6-17,26H,4-5,18-19H2,1-3H3,(H,31,35). The van der Waals surface area contributed by atoms with Crippen LogP contribution in [0.25, 0.3) is 0 Å². The van der Waals surface area contributed by atoms with E-state index >= 15 is 0 Å². The van der Waals surface area contributed by atoms with Gasteiger partial charge in [-0.1, -0.05) is 52.7 Å². The summed E-state index contributed by atoms with van der Waals surface area (Å²) in [6.07, 6.45) is 0.318. The number of carbonyl (C=O) groups excluding carboxylic acids is 2. The average molecular weight is 637 g/mol. The third-order valence-corrected chi connectivity index (χ3v) is 8.73. The number of hydrogen-bond acceptors (Lipinski definition) is 5. The molecular formula is C28H31BrClN3O5S. The Morgan fingerprint density at radius 3 is 2.21 bits per heavy atom. The van der Waals surface area contributed by atoms with Gasteiger partial charge in [0.15, 0.2) is 0 Å². The summed E-state index contributed by atoms with van der Waals surface area (Å²) < 4.78 is 35.0. The molecule has 3 aromatic carbocycles. The molecule has 0 heterocycles. The second kappa shape index (κ2) is 13.8. The van der Waals surface area contributed by atoms with E-state index in [1.807, 2.05) is 6.92 Å². The van der Waals surface area contributed by atoms with Gasteiger partial charge in [-0.25, -0.2) is 8.42 Å². The van der Waals surface area contributed by atoms with E-state index in [0.29, 0.717) is 33.8 Å². The van der Waals surface area contributed by atoms with Gasteiger partial charge in [0.2, 0.25) is 11.8 Å². The van der Waals surface area contributed by atoms with Crippen LogP contribution in [0.1, 0.15) is 25.8 Å². The Morgan fingerprint density at radius 1 is 1.00 bits per heavy atom. The topological polar surface area (TPSA) is 96.0 Å². The molecule has 0 aliphatic carbocycles. The van der Waals surface area contributed by atoms with Gasteiger partial charge in [-0.15, -0.1) is 0 Å². The Balaban J connectivity index is 2.07. The van der Waals surface area contributed by atoms with Crippen LogP contribution in [0, 0.1) is 0 Å². The monoisotopic (exact) mass is 635 g/mol. The number of anilines is 1. The number of rotatable bonds is 12. The molecule has 2 amide bonds. The lowest BCUT2D eigenvalue weighted by Crippen LogP contribution is -2.51. The van der Waals surface area contributed by atoms with Gasteiger partial charge >= 0.3 is 0 Å². The first-order chi connectivity index (χ1) is 18.6. The predicted molar refractivity (Wildman–Crippen MR) is 156 cm³/mol. The molecule has 0 aliphatic heterocycles. The first-order valence-electron chi connectivity index (χ1n) is 12.4. The number of halogens is 2. The largest absolute Gasteiger partial charge is 0.494 e. The Kier molecular flexibility index (Phi) is 10.8. The molecule has 0 aliphatic rings. The number of nitrogens with one attached hydrogen (secondary N) is 1. The van der Waals surface area contributed by atoms with E-state index in [9.17, 15) is 18.0 Å². The maximum absolute atomic E-state index is 13.9. The Hall–Kier alpha value is -3.08. The van der Waals surface area contributed by atoms with Crippen molar-refractivity contribution in [3.8, 4) is 5.75 Å². The number of likely N-dealkylation sites (N-methyl/N-ethyl adjacent to an activating group) is 1. The van der Waals surface area contributed by atoms with Crippen LogP contribution in [0.4, 0.5) is 5.69 Å². The van der Waals surface area contributed by atoms with Gasteiger partial charge in [0.05, 0.1) is 17.2 Å². The fraction of sp³-hybridized carbons (Fsp3) is 0.286. The summed E-state index contributed by atoms with van der Waals surface area (Å²) in [4.78, 5) is 28.1. The van der Waals surface area contributed by atoms with Crippen molar-refractivity contribution in [3.63, 3.8) is 0 Å². The molecule has 208 valence electrons. The minimum atomic E-state index is -4.17. The van der Waals surface area contributed by atoms with Crippen LogP contribution in [0.5, 0.6) is 5.75 Å². The zero-order chi connectivity index (χ0) is 28.6. The van der Waals surface area contributed by atoms with Crippen molar-refractivity contribution < 1.29 is 22.7 Å². The van der Waals surface area contributed by atoms with E-state index in [-0.39, 0.29) is 23.0 Å². The van der Waals surface area contributed by atoms with Gasteiger partial charge in [0.25, 0.3) is 10.0 Å². The molecule has 39 heavy (non-hydrogen) atoms. The summed E-state index contributed by atoms with van der Waals surface area (Å²) >= 11 is 9.71. The van der Waals surface area contributed by atoms with Crippen molar-refractivity contribution in [1.82, 2.24) is 10.2 Å². The number of benzene rings is 3. The average Bonchev–Trinajstić information content (AvgIpc) is 2.93. The van der Waals surface area contributed by atoms with Gasteiger partial charge in [-0.2, -0.15) is 0 Å². The second-order valence-electron chi connectivity index (χ2n) is 8.54. The van der Waals surface area contributed by atoms with Gasteiger partial charge in [0.1, 0.15) is 18.3 Å². The van der Waals surface area contributed by atoms with Crippen LogP contribution in [0.2, 0.25) is 5.02 Å². The number of sulfonamides is 1. The predicted octanol–water partition coefficient (Wildman–Crippen LogP) is 5.25. The van der Waals surface area contributed by atoms with E-state index in [0.717, 1.165) is 4.31 Å². The minimum Gasteiger partial charge on any atom is -0.494 e. The molecule has 0 aromatic heterocycles. The van der Waals surface area contributed by atoms with Crippen LogP contribution >= 0.6 is 27.5 Å². The van der Waals surface area contributed by atoms with Gasteiger partial charge < -0.3 is 15.0 Å². The number of amides is 2. The molecule has 3 aromatic rings. The summed E-state index contributed by atoms with van der Waals surface area (Å²) in [5.41, 5.74) is 0.915. The van der Waals surface area contributed by atoms with Crippen LogP contribution in [0.3, 0.4) is 0 Å². The maximum atomic E-state index is 13.9. The van der Waals surface area contributed by atoms with Gasteiger partial charge in [0, 0.05) is 23.1 Å². The molecule has 3 rings (SSSR count). The number of ether oxygens (including phenoxy) is 1. The molecule has 0 radical (unpaired) electrons. The van der Waals surface area contributed by atoms with E-state index in [4.69, 9.17) is 16.3 Å². The zero-order valence-electron chi connectivity index (χ0n) is 21.9. The van der Waals surface area contributed by atoms with Crippen molar-refractivity contribution >= 4 is 55.1 Å². The van der Waals surface area contributed by atoms with Crippen molar-refractivity contribution in [1.29, 1.82) is 0 Å². The summed E-state index contributed by atoms with van der Waals surface area (Å²) in [7, 11) is -2.67. The minimum absolute atomic E-state index is 0.0170. The molecule has 0 fully saturated rings. The molecule has 0 spiro atoms. The highest BCUT2D eigenvalue weighted by Crippen LogP contribution is 2.28. The molecule has 0 saturated carbocycles. The first-order valence-corrected chi connectivity index (χ1v) is 15.0. The third kappa shape index (κ3) is 7.52. The molecule has 1 N–H and O–H groups in total. The molecule has 1 unspecified atom stereocenters. The van der Waals surface area contributed by atoms with Crippen molar-refractivity contribution in [2.45, 2.75) is 37.8 Å². The first kappa shape index (κ1) is 30.5. The fourth-order valence-corrected chi connectivity index (χ4v) is 5.91. The van der Waals surface area contributed by atoms with Gasteiger partial charge in [-0.05, 0) is 73.5 Å². The summed E-state index contributed by atoms with van der Waals surface area (Å²) in [5, 5.41) is 3.04. The summed E-state index contributed by atoms with van der Waals surface area (Å²) in [5.74, 6) is -0.346. The second-order valence-corrected chi connectivity index (χ2v) is 11.7. The van der Waals surface area contributed by atoms with Crippen LogP contribution in [0.15, 0.2) is 82.2 Å². The zero-order valence-corrected chi connectivity index (χ0v) is 25.1. The Bertz CT molecular complexity index is 1390. The molecule has 0 saturated heterocycles. The van der Waals surface area contributed by atoms with Gasteiger partial charge in [-0.3, -0.25) is 13.9 Å². The van der Waals surface area contributed by atoms with Crippen LogP contribution in [-0.4, -0.2) is 51.4 Å². The maximum Gasteiger partial charge on any atom is 0.264 e. The van der Waals surface area contributed by atoms with E-state index in [1.54, 1.807) is 67.6 Å². The smallest absolute Gasteiger partial charge is 0.264 e. The van der Waals surface area contributed by atoms with Crippen molar-refractivity contribution in [2.24, 2.45) is 0 Å². The van der Waals surface area contributed by atoms with E-state index < -0.39 is 28.5 Å². The quantitative estimate of drug-likeness (QED) is 0.293. The highest BCUT2D eigenvalue weighted by molar-refractivity contribution is 9.10. The summed E-state index contributed by atoms with van der Waals surface area (Å²) in [6, 6.07) is 18.8. The lowest BCUT2D eigenvalue weighted by Gasteiger charge is -2.33. The lowest BCUT2D eigenvalue weighted by molar-refractivity contribution is -0.140. The molecular weight excluding hydrogens is 606 g/mol. The SMILES string of the molecule is CCOc1ccc(N(CC(=O)N(Cc2ccccc2Cl)C(CC)C(=O)NC)S(=O)(=O)c2ccc(Br)cc2)cc1. The molecule has 8 nitrogen and oxygen atoms in total. The molecule has 0 bridgehead atoms. The van der Waals surface area contributed by atoms with Crippen LogP contribution in [-0.2, 0) is 26.2 Å². The number of carbonyl (C=O) groups is 2. The number of hydrogen-bond donors (Lipinski definition) is 1. The van der Waals surface area contributed by atoms with Crippen molar-refractivity contribution in [2.75, 3.05) is 24.5 Å². The normalized spacial score (nSPS) is 11.9. The van der Waals surface area contributed by atoms with E-state index in [1.165, 1.54) is 24.1 Å². The Labute approximate surface area is 243 Å². The Morgan fingerprint density at radius 2 is 1.64 bits per heavy atom. The highest BCUT2D eigenvalue weighted by atomic mass is 79.9. The fourth-order valence-electron chi connectivity index (χ4n) is 4.03. The summed E-state index contributed by atoms with van der Waals surface area (Å²) in [6.45, 7) is 3.58. The lowest BCUT2D eigenvalue weighted by atomic mass is 10.1. The van der Waals surface area contributed by atoms with Crippen molar-refractivity contribution in [3.05, 3.63) is 87.9 Å². The molecule has 11 heteroatoms. The molecule has 1 atom stereocenters. The van der Waals surface area contributed by atoms with Crippen LogP contribution < -0.4 is 14.4 Å².